The number of carbonyl (C=O) groups excluding carboxylic acids is 1. The van der Waals surface area contributed by atoms with Crippen molar-refractivity contribution in [3.8, 4) is 11.5 Å². The van der Waals surface area contributed by atoms with Crippen LogP contribution in [0.4, 0.5) is 5.69 Å². The Hall–Kier alpha value is -2.05. The average Bonchev–Trinajstić information content (AvgIpc) is 2.97. The molecule has 24 heavy (non-hydrogen) atoms. The molecule has 1 N–H and O–H groups in total. The summed E-state index contributed by atoms with van der Waals surface area (Å²) in [4.78, 5) is 14.2. The van der Waals surface area contributed by atoms with Gasteiger partial charge in [0.15, 0.2) is 11.5 Å². The van der Waals surface area contributed by atoms with Crippen molar-refractivity contribution >= 4 is 27.5 Å². The van der Waals surface area contributed by atoms with Gasteiger partial charge in [-0.05, 0) is 55.4 Å². The summed E-state index contributed by atoms with van der Waals surface area (Å²) in [6, 6.07) is 11.6. The van der Waals surface area contributed by atoms with Crippen molar-refractivity contribution in [3.63, 3.8) is 0 Å². The first-order valence-electron chi connectivity index (χ1n) is 7.64. The minimum Gasteiger partial charge on any atom is -0.454 e. The Morgan fingerprint density at radius 2 is 2.00 bits per heavy atom. The van der Waals surface area contributed by atoms with E-state index in [4.69, 9.17) is 9.47 Å². The fourth-order valence-electron chi connectivity index (χ4n) is 2.61. The standard InChI is InChI=1S/C18H19BrN2O3/c1-12-7-14(19)4-5-15(12)20-18(22)10-21(2)9-13-3-6-16-17(8-13)24-11-23-16/h3-8H,9-11H2,1-2H3,(H,20,22). The molecule has 1 aliphatic heterocycles. The fraction of sp³-hybridized carbons (Fsp3) is 0.278. The van der Waals surface area contributed by atoms with E-state index >= 15 is 0 Å². The lowest BCUT2D eigenvalue weighted by Gasteiger charge is -2.17. The lowest BCUT2D eigenvalue weighted by molar-refractivity contribution is -0.117. The summed E-state index contributed by atoms with van der Waals surface area (Å²) in [6.45, 7) is 3.20. The van der Waals surface area contributed by atoms with Gasteiger partial charge in [0.2, 0.25) is 12.7 Å². The minimum atomic E-state index is -0.0383. The number of nitrogens with one attached hydrogen (secondary N) is 1. The van der Waals surface area contributed by atoms with Crippen molar-refractivity contribution in [2.45, 2.75) is 13.5 Å². The Balaban J connectivity index is 1.56. The Labute approximate surface area is 149 Å². The Morgan fingerprint density at radius 3 is 2.79 bits per heavy atom. The number of anilines is 1. The molecule has 0 aromatic heterocycles. The normalized spacial score (nSPS) is 12.5. The zero-order valence-electron chi connectivity index (χ0n) is 13.6. The van der Waals surface area contributed by atoms with E-state index in [2.05, 4.69) is 21.2 Å². The molecule has 2 aromatic carbocycles. The maximum atomic E-state index is 12.2. The summed E-state index contributed by atoms with van der Waals surface area (Å²) < 4.78 is 11.7. The third-order valence-electron chi connectivity index (χ3n) is 3.77. The molecule has 0 unspecified atom stereocenters. The zero-order valence-corrected chi connectivity index (χ0v) is 15.2. The van der Waals surface area contributed by atoms with Crippen LogP contribution in [0.5, 0.6) is 11.5 Å². The minimum absolute atomic E-state index is 0.0383. The highest BCUT2D eigenvalue weighted by molar-refractivity contribution is 9.10. The summed E-state index contributed by atoms with van der Waals surface area (Å²) in [6.07, 6.45) is 0. The Morgan fingerprint density at radius 1 is 1.21 bits per heavy atom. The van der Waals surface area contributed by atoms with Gasteiger partial charge in [-0.1, -0.05) is 22.0 Å². The molecule has 0 radical (unpaired) electrons. The molecule has 126 valence electrons. The number of ether oxygens (including phenoxy) is 2. The molecule has 2 aromatic rings. The van der Waals surface area contributed by atoms with Gasteiger partial charge in [0.05, 0.1) is 6.54 Å². The van der Waals surface area contributed by atoms with E-state index in [0.717, 1.165) is 32.8 Å². The van der Waals surface area contributed by atoms with Gasteiger partial charge in [0, 0.05) is 16.7 Å². The van der Waals surface area contributed by atoms with Gasteiger partial charge in [-0.15, -0.1) is 0 Å². The zero-order chi connectivity index (χ0) is 17.1. The summed E-state index contributed by atoms with van der Waals surface area (Å²) in [7, 11) is 1.92. The number of carbonyl (C=O) groups is 1. The number of hydrogen-bond donors (Lipinski definition) is 1. The van der Waals surface area contributed by atoms with Crippen LogP contribution in [0, 0.1) is 6.92 Å². The molecule has 0 saturated carbocycles. The number of amides is 1. The largest absolute Gasteiger partial charge is 0.454 e. The molecule has 5 nitrogen and oxygen atoms in total. The summed E-state index contributed by atoms with van der Waals surface area (Å²) in [5, 5.41) is 2.95. The lowest BCUT2D eigenvalue weighted by atomic mass is 10.2. The van der Waals surface area contributed by atoms with Gasteiger partial charge in [0.1, 0.15) is 0 Å². The predicted octanol–water partition coefficient (Wildman–Crippen LogP) is 3.56. The van der Waals surface area contributed by atoms with Crippen LogP contribution < -0.4 is 14.8 Å². The molecule has 0 spiro atoms. The summed E-state index contributed by atoms with van der Waals surface area (Å²) in [5.74, 6) is 1.49. The van der Waals surface area contributed by atoms with Crippen LogP contribution in [-0.2, 0) is 11.3 Å². The van der Waals surface area contributed by atoms with Gasteiger partial charge >= 0.3 is 0 Å². The molecule has 0 saturated heterocycles. The smallest absolute Gasteiger partial charge is 0.238 e. The number of benzene rings is 2. The maximum Gasteiger partial charge on any atom is 0.238 e. The van der Waals surface area contributed by atoms with E-state index in [1.165, 1.54) is 0 Å². The molecule has 3 rings (SSSR count). The quantitative estimate of drug-likeness (QED) is 0.847. The average molecular weight is 391 g/mol. The second-order valence-electron chi connectivity index (χ2n) is 5.87. The van der Waals surface area contributed by atoms with Crippen LogP contribution in [0.25, 0.3) is 0 Å². The van der Waals surface area contributed by atoms with Crippen molar-refractivity contribution in [1.82, 2.24) is 4.90 Å². The lowest BCUT2D eigenvalue weighted by Crippen LogP contribution is -2.30. The van der Waals surface area contributed by atoms with Crippen LogP contribution in [0.3, 0.4) is 0 Å². The van der Waals surface area contributed by atoms with E-state index in [0.29, 0.717) is 13.1 Å². The van der Waals surface area contributed by atoms with E-state index in [1.807, 2.05) is 55.3 Å². The maximum absolute atomic E-state index is 12.2. The molecule has 0 aliphatic carbocycles. The molecule has 0 fully saturated rings. The molecule has 1 aliphatic rings. The number of hydrogen-bond acceptors (Lipinski definition) is 4. The Kier molecular flexibility index (Phi) is 5.06. The highest BCUT2D eigenvalue weighted by atomic mass is 79.9. The third-order valence-corrected chi connectivity index (χ3v) is 4.26. The van der Waals surface area contributed by atoms with Crippen molar-refractivity contribution < 1.29 is 14.3 Å². The molecule has 6 heteroatoms. The van der Waals surface area contributed by atoms with Crippen LogP contribution >= 0.6 is 15.9 Å². The van der Waals surface area contributed by atoms with Crippen LogP contribution in [0.2, 0.25) is 0 Å². The molecular formula is C18H19BrN2O3. The molecule has 1 heterocycles. The van der Waals surface area contributed by atoms with E-state index < -0.39 is 0 Å². The third kappa shape index (κ3) is 4.07. The van der Waals surface area contributed by atoms with Crippen molar-refractivity contribution in [2.24, 2.45) is 0 Å². The van der Waals surface area contributed by atoms with E-state index in [1.54, 1.807) is 0 Å². The second-order valence-corrected chi connectivity index (χ2v) is 6.78. The molecule has 1 amide bonds. The summed E-state index contributed by atoms with van der Waals surface area (Å²) in [5.41, 5.74) is 2.94. The Bertz CT molecular complexity index is 764. The van der Waals surface area contributed by atoms with Crippen molar-refractivity contribution in [3.05, 3.63) is 52.0 Å². The van der Waals surface area contributed by atoms with Gasteiger partial charge in [-0.25, -0.2) is 0 Å². The van der Waals surface area contributed by atoms with Gasteiger partial charge in [-0.3, -0.25) is 9.69 Å². The van der Waals surface area contributed by atoms with Crippen LogP contribution in [0.15, 0.2) is 40.9 Å². The number of rotatable bonds is 5. The van der Waals surface area contributed by atoms with Crippen LogP contribution in [0.1, 0.15) is 11.1 Å². The predicted molar refractivity (Wildman–Crippen MR) is 96.4 cm³/mol. The SMILES string of the molecule is Cc1cc(Br)ccc1NC(=O)CN(C)Cc1ccc2c(c1)OCO2. The number of aryl methyl sites for hydroxylation is 1. The molecule has 0 atom stereocenters. The highest BCUT2D eigenvalue weighted by Gasteiger charge is 2.15. The monoisotopic (exact) mass is 390 g/mol. The van der Waals surface area contributed by atoms with E-state index in [9.17, 15) is 4.79 Å². The number of likely N-dealkylation sites (N-methyl/N-ethyl adjacent to an activating group) is 1. The number of halogens is 1. The number of fused-ring (bicyclic) bond motifs is 1. The first-order valence-corrected chi connectivity index (χ1v) is 8.43. The number of nitrogens with zero attached hydrogens (tertiary/aromatic N) is 1. The molecular weight excluding hydrogens is 372 g/mol. The first-order chi connectivity index (χ1) is 11.5. The van der Waals surface area contributed by atoms with E-state index in [-0.39, 0.29) is 12.7 Å². The first kappa shape index (κ1) is 16.8. The van der Waals surface area contributed by atoms with Crippen molar-refractivity contribution in [1.29, 1.82) is 0 Å². The fourth-order valence-corrected chi connectivity index (χ4v) is 3.08. The highest BCUT2D eigenvalue weighted by Crippen LogP contribution is 2.32. The van der Waals surface area contributed by atoms with Crippen LogP contribution in [-0.4, -0.2) is 31.2 Å². The van der Waals surface area contributed by atoms with Gasteiger partial charge in [-0.2, -0.15) is 0 Å². The van der Waals surface area contributed by atoms with Gasteiger partial charge in [0.25, 0.3) is 0 Å². The second kappa shape index (κ2) is 7.23. The van der Waals surface area contributed by atoms with Gasteiger partial charge < -0.3 is 14.8 Å². The topological polar surface area (TPSA) is 50.8 Å². The summed E-state index contributed by atoms with van der Waals surface area (Å²) >= 11 is 3.42. The molecule has 0 bridgehead atoms. The van der Waals surface area contributed by atoms with Crippen molar-refractivity contribution in [2.75, 3.05) is 25.7 Å².